The number of amides is 2. The number of hydrogen-bond acceptors (Lipinski definition) is 4. The Hall–Kier alpha value is -2.73. The summed E-state index contributed by atoms with van der Waals surface area (Å²) in [4.78, 5) is 27.1. The van der Waals surface area contributed by atoms with Crippen LogP contribution >= 0.6 is 11.6 Å². The third kappa shape index (κ3) is 4.68. The molecule has 0 radical (unpaired) electrons. The number of pyridine rings is 1. The van der Waals surface area contributed by atoms with E-state index >= 15 is 0 Å². The van der Waals surface area contributed by atoms with Crippen molar-refractivity contribution >= 4 is 29.6 Å². The summed E-state index contributed by atoms with van der Waals surface area (Å²) in [5.74, 6) is -0.793. The summed E-state index contributed by atoms with van der Waals surface area (Å²) in [6.45, 7) is -0.180. The highest BCUT2D eigenvalue weighted by Crippen LogP contribution is 2.11. The highest BCUT2D eigenvalue weighted by Gasteiger charge is 2.06. The first-order chi connectivity index (χ1) is 10.7. The van der Waals surface area contributed by atoms with E-state index < -0.39 is 5.91 Å². The van der Waals surface area contributed by atoms with Gasteiger partial charge in [0.1, 0.15) is 0 Å². The first-order valence-electron chi connectivity index (χ1n) is 6.41. The van der Waals surface area contributed by atoms with Gasteiger partial charge in [-0.25, -0.2) is 5.43 Å². The fourth-order valence-corrected chi connectivity index (χ4v) is 1.74. The molecule has 0 fully saturated rings. The predicted molar refractivity (Wildman–Crippen MR) is 83.8 cm³/mol. The van der Waals surface area contributed by atoms with E-state index in [9.17, 15) is 9.59 Å². The summed E-state index contributed by atoms with van der Waals surface area (Å²) >= 11 is 5.94. The lowest BCUT2D eigenvalue weighted by molar-refractivity contribution is -0.120. The van der Waals surface area contributed by atoms with Gasteiger partial charge < -0.3 is 5.32 Å². The van der Waals surface area contributed by atoms with Crippen molar-refractivity contribution in [1.29, 1.82) is 0 Å². The van der Waals surface area contributed by atoms with Crippen molar-refractivity contribution in [1.82, 2.24) is 15.7 Å². The number of carbonyl (C=O) groups excluding carboxylic acids is 2. The van der Waals surface area contributed by atoms with Crippen molar-refractivity contribution < 1.29 is 9.59 Å². The van der Waals surface area contributed by atoms with Gasteiger partial charge in [0.25, 0.3) is 11.8 Å². The highest BCUT2D eigenvalue weighted by atomic mass is 35.5. The molecule has 0 saturated carbocycles. The van der Waals surface area contributed by atoms with Gasteiger partial charge in [-0.3, -0.25) is 14.6 Å². The van der Waals surface area contributed by atoms with Crippen LogP contribution in [0.15, 0.2) is 53.9 Å². The van der Waals surface area contributed by atoms with E-state index in [0.717, 1.165) is 0 Å². The third-order valence-electron chi connectivity index (χ3n) is 2.65. The smallest absolute Gasteiger partial charge is 0.259 e. The van der Waals surface area contributed by atoms with Gasteiger partial charge in [-0.1, -0.05) is 29.8 Å². The first kappa shape index (κ1) is 15.7. The summed E-state index contributed by atoms with van der Waals surface area (Å²) in [5, 5.41) is 6.80. The number of hydrazone groups is 1. The van der Waals surface area contributed by atoms with E-state index in [2.05, 4.69) is 20.8 Å². The molecule has 1 aromatic heterocycles. The molecule has 0 spiro atoms. The summed E-state index contributed by atoms with van der Waals surface area (Å²) in [6, 6.07) is 10.2. The molecule has 0 aliphatic rings. The second-order valence-electron chi connectivity index (χ2n) is 4.23. The average molecular weight is 317 g/mol. The second kappa shape index (κ2) is 7.90. The summed E-state index contributed by atoms with van der Waals surface area (Å²) < 4.78 is 0. The zero-order valence-electron chi connectivity index (χ0n) is 11.5. The Labute approximate surface area is 132 Å². The second-order valence-corrected chi connectivity index (χ2v) is 4.64. The van der Waals surface area contributed by atoms with Crippen molar-refractivity contribution in [3.05, 3.63) is 64.9 Å². The van der Waals surface area contributed by atoms with E-state index in [4.69, 9.17) is 11.6 Å². The maximum absolute atomic E-state index is 11.7. The lowest BCUT2D eigenvalue weighted by Crippen LogP contribution is -2.34. The SMILES string of the molecule is O=C(CNC(=O)c1ccncc1)N/N=C/c1ccccc1Cl. The largest absolute Gasteiger partial charge is 0.343 e. The van der Waals surface area contributed by atoms with Gasteiger partial charge in [0.2, 0.25) is 0 Å². The van der Waals surface area contributed by atoms with Crippen LogP contribution in [0.25, 0.3) is 0 Å². The molecule has 112 valence electrons. The Bertz CT molecular complexity index is 689. The Morgan fingerprint density at radius 3 is 2.64 bits per heavy atom. The molecule has 1 heterocycles. The molecule has 0 aliphatic carbocycles. The van der Waals surface area contributed by atoms with Gasteiger partial charge in [-0.2, -0.15) is 5.10 Å². The van der Waals surface area contributed by atoms with Gasteiger partial charge in [0, 0.05) is 28.5 Å². The zero-order chi connectivity index (χ0) is 15.8. The van der Waals surface area contributed by atoms with Crippen LogP contribution in [0, 0.1) is 0 Å². The van der Waals surface area contributed by atoms with Crippen molar-refractivity contribution in [2.45, 2.75) is 0 Å². The molecule has 0 aliphatic heterocycles. The first-order valence-corrected chi connectivity index (χ1v) is 6.79. The zero-order valence-corrected chi connectivity index (χ0v) is 12.2. The summed E-state index contributed by atoms with van der Waals surface area (Å²) in [6.07, 6.45) is 4.44. The molecular formula is C15H13ClN4O2. The lowest BCUT2D eigenvalue weighted by atomic mass is 10.2. The molecule has 2 N–H and O–H groups in total. The minimum absolute atomic E-state index is 0.180. The van der Waals surface area contributed by atoms with E-state index in [1.807, 2.05) is 6.07 Å². The number of benzene rings is 1. The number of halogens is 1. The quantitative estimate of drug-likeness (QED) is 0.649. The van der Waals surface area contributed by atoms with Crippen LogP contribution in [-0.4, -0.2) is 29.6 Å². The minimum atomic E-state index is -0.439. The number of nitrogens with zero attached hydrogens (tertiary/aromatic N) is 2. The lowest BCUT2D eigenvalue weighted by Gasteiger charge is -2.03. The molecule has 0 unspecified atom stereocenters. The van der Waals surface area contributed by atoms with Crippen LogP contribution in [0.5, 0.6) is 0 Å². The molecule has 22 heavy (non-hydrogen) atoms. The number of nitrogens with one attached hydrogen (secondary N) is 2. The average Bonchev–Trinajstić information content (AvgIpc) is 2.55. The van der Waals surface area contributed by atoms with E-state index in [1.54, 1.807) is 30.3 Å². The van der Waals surface area contributed by atoms with Crippen LogP contribution in [0.3, 0.4) is 0 Å². The number of aromatic nitrogens is 1. The molecule has 0 bridgehead atoms. The number of carbonyl (C=O) groups is 2. The molecular weight excluding hydrogens is 304 g/mol. The molecule has 2 amide bonds. The van der Waals surface area contributed by atoms with Gasteiger partial charge in [0.05, 0.1) is 12.8 Å². The Balaban J connectivity index is 1.79. The van der Waals surface area contributed by atoms with Crippen LogP contribution < -0.4 is 10.7 Å². The van der Waals surface area contributed by atoms with Gasteiger partial charge in [0.15, 0.2) is 0 Å². The van der Waals surface area contributed by atoms with E-state index in [-0.39, 0.29) is 12.5 Å². The molecule has 2 rings (SSSR count). The van der Waals surface area contributed by atoms with Crippen molar-refractivity contribution in [2.24, 2.45) is 5.10 Å². The van der Waals surface area contributed by atoms with Crippen LogP contribution in [0.2, 0.25) is 5.02 Å². The Morgan fingerprint density at radius 1 is 1.18 bits per heavy atom. The molecule has 6 nitrogen and oxygen atoms in total. The minimum Gasteiger partial charge on any atom is -0.343 e. The monoisotopic (exact) mass is 316 g/mol. The topological polar surface area (TPSA) is 83.5 Å². The molecule has 2 aromatic rings. The van der Waals surface area contributed by atoms with Crippen molar-refractivity contribution in [3.63, 3.8) is 0 Å². The van der Waals surface area contributed by atoms with Crippen molar-refractivity contribution in [3.8, 4) is 0 Å². The Kier molecular flexibility index (Phi) is 5.62. The van der Waals surface area contributed by atoms with Gasteiger partial charge in [-0.05, 0) is 18.2 Å². The predicted octanol–water partition coefficient (Wildman–Crippen LogP) is 1.62. The normalized spacial score (nSPS) is 10.4. The number of rotatable bonds is 5. The molecule has 0 atom stereocenters. The van der Waals surface area contributed by atoms with Gasteiger partial charge >= 0.3 is 0 Å². The summed E-state index contributed by atoms with van der Waals surface area (Å²) in [7, 11) is 0. The fraction of sp³-hybridized carbons (Fsp3) is 0.0667. The standard InChI is InChI=1S/C15H13ClN4O2/c16-13-4-2-1-3-12(13)9-19-20-14(21)10-18-15(22)11-5-7-17-8-6-11/h1-9H,10H2,(H,18,22)(H,20,21)/b19-9+. The van der Waals surface area contributed by atoms with E-state index in [1.165, 1.54) is 18.6 Å². The van der Waals surface area contributed by atoms with Crippen LogP contribution in [-0.2, 0) is 4.79 Å². The molecule has 0 saturated heterocycles. The fourth-order valence-electron chi connectivity index (χ4n) is 1.56. The maximum Gasteiger partial charge on any atom is 0.259 e. The van der Waals surface area contributed by atoms with E-state index in [0.29, 0.717) is 16.1 Å². The van der Waals surface area contributed by atoms with Gasteiger partial charge in [-0.15, -0.1) is 0 Å². The maximum atomic E-state index is 11.7. The molecule has 7 heteroatoms. The van der Waals surface area contributed by atoms with Crippen LogP contribution in [0.4, 0.5) is 0 Å². The van der Waals surface area contributed by atoms with Crippen molar-refractivity contribution in [2.75, 3.05) is 6.54 Å². The number of hydrogen-bond donors (Lipinski definition) is 2. The highest BCUT2D eigenvalue weighted by molar-refractivity contribution is 6.33. The molecule has 1 aromatic carbocycles. The summed E-state index contributed by atoms with van der Waals surface area (Å²) in [5.41, 5.74) is 3.43. The van der Waals surface area contributed by atoms with Crippen LogP contribution in [0.1, 0.15) is 15.9 Å². The third-order valence-corrected chi connectivity index (χ3v) is 2.99. The Morgan fingerprint density at radius 2 is 1.91 bits per heavy atom.